The van der Waals surface area contributed by atoms with Gasteiger partial charge in [-0.25, -0.2) is 10.1 Å². The van der Waals surface area contributed by atoms with Crippen LogP contribution in [-0.4, -0.2) is 57.2 Å². The smallest absolute Gasteiger partial charge is 0.247 e. The number of rotatable bonds is 9. The Morgan fingerprint density at radius 3 is 2.65 bits per heavy atom. The Balaban J connectivity index is 2.10. The molecule has 2 bridgehead atoms. The fraction of sp³-hybridized carbons (Fsp3) is 0.524. The molecule has 2 heterocycles. The van der Waals surface area contributed by atoms with E-state index in [-0.39, 0.29) is 31.7 Å². The minimum Gasteiger partial charge on any atom is -0.494 e. The number of ether oxygens (including phenoxy) is 1. The summed E-state index contributed by atoms with van der Waals surface area (Å²) in [5.74, 6) is -1.65. The Hall–Kier alpha value is -1.92. The molecule has 0 fully saturated rings. The topological polar surface area (TPSA) is 135 Å². The number of hydrogen-bond acceptors (Lipinski definition) is 6. The number of carbonyl (C=O) groups is 4. The van der Waals surface area contributed by atoms with Gasteiger partial charge in [-0.3, -0.25) is 19.2 Å². The molecule has 3 atom stereocenters. The summed E-state index contributed by atoms with van der Waals surface area (Å²) < 4.78 is 10.7. The van der Waals surface area contributed by atoms with E-state index in [2.05, 4.69) is 21.4 Å². The minimum absolute atomic E-state index is 0.0398. The summed E-state index contributed by atoms with van der Waals surface area (Å²) in [6.45, 7) is 0.642. The lowest BCUT2D eigenvalue weighted by molar-refractivity contribution is -0.136. The van der Waals surface area contributed by atoms with Crippen molar-refractivity contribution < 1.29 is 28.5 Å². The molecule has 184 valence electrons. The maximum Gasteiger partial charge on any atom is 0.247 e. The highest BCUT2D eigenvalue weighted by Crippen LogP contribution is 2.21. The van der Waals surface area contributed by atoms with Gasteiger partial charge in [-0.1, -0.05) is 18.5 Å². The molecule has 1 aromatic rings. The van der Waals surface area contributed by atoms with Gasteiger partial charge in [-0.2, -0.15) is 0 Å². The maximum atomic E-state index is 12.8. The summed E-state index contributed by atoms with van der Waals surface area (Å²) in [4.78, 5) is 50.0. The van der Waals surface area contributed by atoms with Gasteiger partial charge in [0, 0.05) is 25.3 Å². The molecular formula is C21H29BIN4O6P. The Morgan fingerprint density at radius 1 is 1.18 bits per heavy atom. The molecule has 0 aromatic heterocycles. The zero-order chi connectivity index (χ0) is 24.8. The molecule has 1 aromatic carbocycles. The number of carbonyl (C=O) groups excluding carboxylic acids is 4. The standard InChI is InChI=1S/C21H29BIN4O6P/c22-8-2-9-24-19(29)13-25-21(31)17-11-14-4-6-16(7-5-14)32-10-1-3-15(12-18(28)26-17)20(30)27-33-34-23/h4-7,15,17,34H,1-3,8-13H2,(H,24,29)(H,25,31)(H,26,28)(H,27,30)/t15-,17-/m0/s1. The zero-order valence-corrected chi connectivity index (χ0v) is 21.9. The third-order valence-electron chi connectivity index (χ3n) is 5.10. The number of hydrogen-bond donors (Lipinski definition) is 4. The SMILES string of the molecule is [B]CCCNC(=O)CNC(=O)[C@@H]1Cc2ccc(cc2)OCCC[C@H](C(=O)NOPI)CC(=O)N1. The summed E-state index contributed by atoms with van der Waals surface area (Å²) in [6, 6.07) is 6.32. The summed E-state index contributed by atoms with van der Waals surface area (Å²) >= 11 is 1.98. The van der Waals surface area contributed by atoms with Crippen LogP contribution in [0.15, 0.2) is 24.3 Å². The monoisotopic (exact) mass is 602 g/mol. The van der Waals surface area contributed by atoms with Crippen molar-refractivity contribution in [3.8, 4) is 5.75 Å². The third kappa shape index (κ3) is 10.6. The van der Waals surface area contributed by atoms with Crippen LogP contribution in [0.4, 0.5) is 0 Å². The third-order valence-corrected chi connectivity index (χ3v) is 5.94. The molecule has 2 aliphatic rings. The molecule has 0 saturated heterocycles. The number of hydroxylamine groups is 1. The van der Waals surface area contributed by atoms with Gasteiger partial charge in [0.2, 0.25) is 23.6 Å². The normalized spacial score (nSPS) is 19.0. The first-order valence-corrected chi connectivity index (χ1v) is 15.0. The Labute approximate surface area is 215 Å². The zero-order valence-electron chi connectivity index (χ0n) is 18.7. The van der Waals surface area contributed by atoms with Crippen LogP contribution in [0.25, 0.3) is 0 Å². The molecule has 1 unspecified atom stereocenters. The van der Waals surface area contributed by atoms with Crippen LogP contribution in [0, 0.1) is 5.92 Å². The highest BCUT2D eigenvalue weighted by Gasteiger charge is 2.27. The molecule has 34 heavy (non-hydrogen) atoms. The fourth-order valence-corrected chi connectivity index (χ4v) is 3.79. The van der Waals surface area contributed by atoms with Crippen molar-refractivity contribution >= 4 is 60.0 Å². The van der Waals surface area contributed by atoms with E-state index in [1.165, 1.54) is 0 Å². The molecule has 0 spiro atoms. The molecular weight excluding hydrogens is 573 g/mol. The highest BCUT2D eigenvalue weighted by molar-refractivity contribution is 14.2. The molecule has 2 aliphatic heterocycles. The molecule has 0 aliphatic carbocycles. The van der Waals surface area contributed by atoms with E-state index >= 15 is 0 Å². The predicted octanol–water partition coefficient (Wildman–Crippen LogP) is 1.09. The van der Waals surface area contributed by atoms with Gasteiger partial charge in [0.1, 0.15) is 18.2 Å². The van der Waals surface area contributed by atoms with E-state index in [1.807, 2.05) is 34.2 Å². The van der Waals surface area contributed by atoms with Crippen LogP contribution in [0.2, 0.25) is 6.32 Å². The quantitative estimate of drug-likeness (QED) is 0.110. The summed E-state index contributed by atoms with van der Waals surface area (Å²) in [7, 11) is 5.40. The van der Waals surface area contributed by atoms with Crippen LogP contribution in [0.3, 0.4) is 0 Å². The number of halogens is 1. The molecule has 0 saturated carbocycles. The lowest BCUT2D eigenvalue weighted by atomic mass is 9.97. The van der Waals surface area contributed by atoms with Gasteiger partial charge in [0.05, 0.1) is 21.0 Å². The largest absolute Gasteiger partial charge is 0.494 e. The fourth-order valence-electron chi connectivity index (χ4n) is 3.33. The summed E-state index contributed by atoms with van der Waals surface area (Å²) in [6.07, 6.45) is 2.15. The van der Waals surface area contributed by atoms with Gasteiger partial charge < -0.3 is 20.7 Å². The lowest BCUT2D eigenvalue weighted by Crippen LogP contribution is -2.50. The van der Waals surface area contributed by atoms with Crippen LogP contribution in [0.1, 0.15) is 31.2 Å². The van der Waals surface area contributed by atoms with Crippen molar-refractivity contribution in [2.45, 2.75) is 44.5 Å². The van der Waals surface area contributed by atoms with Gasteiger partial charge in [-0.15, -0.1) is 0 Å². The van der Waals surface area contributed by atoms with Crippen molar-refractivity contribution in [2.24, 2.45) is 5.92 Å². The summed E-state index contributed by atoms with van der Waals surface area (Å²) in [5.41, 5.74) is 3.16. The van der Waals surface area contributed by atoms with Gasteiger partial charge in [-0.05, 0) is 59.0 Å². The Morgan fingerprint density at radius 2 is 1.94 bits per heavy atom. The van der Waals surface area contributed by atoms with E-state index in [0.717, 1.165) is 5.56 Å². The molecule has 4 amide bonds. The van der Waals surface area contributed by atoms with E-state index in [9.17, 15) is 19.2 Å². The van der Waals surface area contributed by atoms with Crippen molar-refractivity contribution in [3.63, 3.8) is 0 Å². The number of benzene rings is 1. The predicted molar refractivity (Wildman–Crippen MR) is 138 cm³/mol. The van der Waals surface area contributed by atoms with E-state index in [4.69, 9.17) is 17.2 Å². The number of amides is 4. The molecule has 13 heteroatoms. The van der Waals surface area contributed by atoms with E-state index in [1.54, 1.807) is 12.1 Å². The second kappa shape index (κ2) is 15.9. The molecule has 3 rings (SSSR count). The lowest BCUT2D eigenvalue weighted by Gasteiger charge is -2.21. The van der Waals surface area contributed by atoms with Crippen LogP contribution in [-0.2, 0) is 30.2 Å². The molecule has 4 N–H and O–H groups in total. The number of fused-ring (bicyclic) bond motifs is 11. The van der Waals surface area contributed by atoms with Crippen molar-refractivity contribution in [2.75, 3.05) is 19.7 Å². The van der Waals surface area contributed by atoms with E-state index in [0.29, 0.717) is 44.5 Å². The van der Waals surface area contributed by atoms with Crippen molar-refractivity contribution in [1.29, 1.82) is 0 Å². The summed E-state index contributed by atoms with van der Waals surface area (Å²) in [5, 5.41) is 7.95. The second-order valence-corrected chi connectivity index (χ2v) is 9.40. The van der Waals surface area contributed by atoms with Crippen LogP contribution < -0.4 is 26.2 Å². The highest BCUT2D eigenvalue weighted by atomic mass is 127. The Bertz CT molecular complexity index is 832. The Kier molecular flexibility index (Phi) is 13.2. The van der Waals surface area contributed by atoms with Crippen LogP contribution in [0.5, 0.6) is 5.75 Å². The molecule has 2 radical (unpaired) electrons. The van der Waals surface area contributed by atoms with Gasteiger partial charge >= 0.3 is 0 Å². The first kappa shape index (κ1) is 28.3. The van der Waals surface area contributed by atoms with E-state index < -0.39 is 29.7 Å². The van der Waals surface area contributed by atoms with Crippen molar-refractivity contribution in [3.05, 3.63) is 29.8 Å². The van der Waals surface area contributed by atoms with Gasteiger partial charge in [0.25, 0.3) is 0 Å². The average molecular weight is 602 g/mol. The minimum atomic E-state index is -0.921. The maximum absolute atomic E-state index is 12.8. The second-order valence-electron chi connectivity index (χ2n) is 7.72. The van der Waals surface area contributed by atoms with Crippen LogP contribution >= 0.6 is 28.5 Å². The van der Waals surface area contributed by atoms with Gasteiger partial charge in [0.15, 0.2) is 0 Å². The first-order chi connectivity index (χ1) is 16.4. The number of nitrogens with one attached hydrogen (secondary N) is 4. The van der Waals surface area contributed by atoms with Crippen molar-refractivity contribution in [1.82, 2.24) is 21.4 Å². The molecule has 10 nitrogen and oxygen atoms in total. The average Bonchev–Trinajstić information content (AvgIpc) is 2.83. The first-order valence-electron chi connectivity index (χ1n) is 11.0.